The molecule has 2 atom stereocenters. The summed E-state index contributed by atoms with van der Waals surface area (Å²) < 4.78 is 17.5. The third-order valence-electron chi connectivity index (χ3n) is 2.68. The monoisotopic (exact) mass is 189 g/mol. The molecule has 0 radical (unpaired) electrons. The van der Waals surface area contributed by atoms with Crippen molar-refractivity contribution >= 4 is 0 Å². The second-order valence-corrected chi connectivity index (χ2v) is 3.63. The molecule has 0 aromatic carbocycles. The summed E-state index contributed by atoms with van der Waals surface area (Å²) in [5, 5.41) is 3.26. The maximum Gasteiger partial charge on any atom is 0.0916 e. The van der Waals surface area contributed by atoms with Crippen molar-refractivity contribution in [3.8, 4) is 0 Å². The molecule has 0 saturated heterocycles. The van der Waals surface area contributed by atoms with E-state index >= 15 is 0 Å². The number of hydrogen-bond acceptors (Lipinski definition) is 2. The minimum absolute atomic E-state index is 0.267. The van der Waals surface area contributed by atoms with Crippen LogP contribution in [-0.2, 0) is 4.74 Å². The Bertz CT molecular complexity index is 132. The Balaban J connectivity index is 2.19. The molecule has 0 aromatic rings. The predicted octanol–water partition coefficient (Wildman–Crippen LogP) is 1.89. The Morgan fingerprint density at radius 3 is 2.85 bits per heavy atom. The maximum absolute atomic E-state index is 11.8. The first-order chi connectivity index (χ1) is 6.38. The fourth-order valence-corrected chi connectivity index (χ4v) is 1.92. The van der Waals surface area contributed by atoms with E-state index in [1.54, 1.807) is 0 Å². The average molecular weight is 189 g/mol. The highest BCUT2D eigenvalue weighted by Crippen LogP contribution is 2.21. The molecule has 1 fully saturated rings. The van der Waals surface area contributed by atoms with Crippen molar-refractivity contribution < 1.29 is 9.13 Å². The molecule has 1 rings (SSSR count). The Labute approximate surface area is 79.8 Å². The molecule has 3 heteroatoms. The maximum atomic E-state index is 11.8. The van der Waals surface area contributed by atoms with Crippen LogP contribution in [0.3, 0.4) is 0 Å². The summed E-state index contributed by atoms with van der Waals surface area (Å²) in [7, 11) is 1.97. The summed E-state index contributed by atoms with van der Waals surface area (Å²) in [6.45, 7) is 0.302. The van der Waals surface area contributed by atoms with Crippen LogP contribution in [0.25, 0.3) is 0 Å². The SMILES string of the molecule is CNC1CCCCC1OCCCF. The predicted molar refractivity (Wildman–Crippen MR) is 51.6 cm³/mol. The topological polar surface area (TPSA) is 21.3 Å². The molecule has 2 unspecified atom stereocenters. The van der Waals surface area contributed by atoms with Gasteiger partial charge < -0.3 is 10.1 Å². The van der Waals surface area contributed by atoms with E-state index < -0.39 is 0 Å². The zero-order valence-electron chi connectivity index (χ0n) is 8.39. The second kappa shape index (κ2) is 6.33. The van der Waals surface area contributed by atoms with E-state index in [0.29, 0.717) is 25.2 Å². The molecule has 0 heterocycles. The summed E-state index contributed by atoms with van der Waals surface area (Å²) in [5.74, 6) is 0. The lowest BCUT2D eigenvalue weighted by atomic mass is 9.92. The highest BCUT2D eigenvalue weighted by molar-refractivity contribution is 4.80. The lowest BCUT2D eigenvalue weighted by Crippen LogP contribution is -2.41. The van der Waals surface area contributed by atoms with Crippen molar-refractivity contribution in [2.75, 3.05) is 20.3 Å². The number of likely N-dealkylation sites (N-methyl/N-ethyl adjacent to an activating group) is 1. The lowest BCUT2D eigenvalue weighted by molar-refractivity contribution is 0.00433. The Morgan fingerprint density at radius 1 is 1.38 bits per heavy atom. The summed E-state index contributed by atoms with van der Waals surface area (Å²) >= 11 is 0. The van der Waals surface area contributed by atoms with Crippen LogP contribution in [0.5, 0.6) is 0 Å². The van der Waals surface area contributed by atoms with E-state index in [4.69, 9.17) is 4.74 Å². The first-order valence-electron chi connectivity index (χ1n) is 5.23. The van der Waals surface area contributed by atoms with Gasteiger partial charge in [0.15, 0.2) is 0 Å². The van der Waals surface area contributed by atoms with Crippen LogP contribution < -0.4 is 5.32 Å². The van der Waals surface area contributed by atoms with Gasteiger partial charge in [0.2, 0.25) is 0 Å². The van der Waals surface area contributed by atoms with Gasteiger partial charge in [-0.25, -0.2) is 0 Å². The van der Waals surface area contributed by atoms with Crippen LogP contribution >= 0.6 is 0 Å². The van der Waals surface area contributed by atoms with Gasteiger partial charge in [0.05, 0.1) is 12.8 Å². The molecular formula is C10H20FNO. The first kappa shape index (κ1) is 10.9. The van der Waals surface area contributed by atoms with Crippen molar-refractivity contribution in [2.24, 2.45) is 0 Å². The molecule has 2 nitrogen and oxygen atoms in total. The van der Waals surface area contributed by atoms with Crippen LogP contribution in [0.1, 0.15) is 32.1 Å². The minimum atomic E-state index is -0.267. The summed E-state index contributed by atoms with van der Waals surface area (Å²) in [4.78, 5) is 0. The smallest absolute Gasteiger partial charge is 0.0916 e. The van der Waals surface area contributed by atoms with E-state index in [9.17, 15) is 4.39 Å². The van der Waals surface area contributed by atoms with Crippen molar-refractivity contribution in [1.82, 2.24) is 5.32 Å². The normalized spacial score (nSPS) is 29.1. The minimum Gasteiger partial charge on any atom is -0.377 e. The fourth-order valence-electron chi connectivity index (χ4n) is 1.92. The van der Waals surface area contributed by atoms with Crippen molar-refractivity contribution in [3.05, 3.63) is 0 Å². The summed E-state index contributed by atoms with van der Waals surface area (Å²) in [6.07, 6.45) is 5.69. The van der Waals surface area contributed by atoms with Crippen LogP contribution in [0.15, 0.2) is 0 Å². The lowest BCUT2D eigenvalue weighted by Gasteiger charge is -2.31. The van der Waals surface area contributed by atoms with Gasteiger partial charge in [-0.3, -0.25) is 4.39 Å². The van der Waals surface area contributed by atoms with Gasteiger partial charge >= 0.3 is 0 Å². The van der Waals surface area contributed by atoms with Crippen molar-refractivity contribution in [3.63, 3.8) is 0 Å². The van der Waals surface area contributed by atoms with E-state index in [2.05, 4.69) is 5.32 Å². The van der Waals surface area contributed by atoms with Gasteiger partial charge in [0, 0.05) is 12.6 Å². The molecular weight excluding hydrogens is 169 g/mol. The van der Waals surface area contributed by atoms with E-state index in [-0.39, 0.29) is 6.67 Å². The zero-order chi connectivity index (χ0) is 9.52. The van der Waals surface area contributed by atoms with Crippen molar-refractivity contribution in [1.29, 1.82) is 0 Å². The van der Waals surface area contributed by atoms with Gasteiger partial charge in [-0.15, -0.1) is 0 Å². The number of hydrogen-bond donors (Lipinski definition) is 1. The Hall–Kier alpha value is -0.150. The standard InChI is InChI=1S/C10H20FNO/c1-12-9-5-2-3-6-10(9)13-8-4-7-11/h9-10,12H,2-8H2,1H3. The first-order valence-corrected chi connectivity index (χ1v) is 5.23. The molecule has 0 aliphatic heterocycles. The van der Waals surface area contributed by atoms with E-state index in [0.717, 1.165) is 6.42 Å². The van der Waals surface area contributed by atoms with Crippen LogP contribution in [0.4, 0.5) is 4.39 Å². The highest BCUT2D eigenvalue weighted by atomic mass is 19.1. The summed E-state index contributed by atoms with van der Waals surface area (Å²) in [5.41, 5.74) is 0. The summed E-state index contributed by atoms with van der Waals surface area (Å²) in [6, 6.07) is 0.480. The molecule has 0 aromatic heterocycles. The Morgan fingerprint density at radius 2 is 2.15 bits per heavy atom. The van der Waals surface area contributed by atoms with Gasteiger partial charge in [0.25, 0.3) is 0 Å². The van der Waals surface area contributed by atoms with Crippen molar-refractivity contribution in [2.45, 2.75) is 44.2 Å². The van der Waals surface area contributed by atoms with Crippen LogP contribution in [0.2, 0.25) is 0 Å². The molecule has 1 aliphatic carbocycles. The largest absolute Gasteiger partial charge is 0.377 e. The number of alkyl halides is 1. The molecule has 0 amide bonds. The second-order valence-electron chi connectivity index (χ2n) is 3.63. The quantitative estimate of drug-likeness (QED) is 0.667. The van der Waals surface area contributed by atoms with Gasteiger partial charge in [-0.1, -0.05) is 12.8 Å². The van der Waals surface area contributed by atoms with E-state index in [1.165, 1.54) is 19.3 Å². The number of rotatable bonds is 5. The van der Waals surface area contributed by atoms with Gasteiger partial charge in [-0.05, 0) is 26.3 Å². The molecule has 0 spiro atoms. The average Bonchev–Trinajstić information content (AvgIpc) is 2.19. The third kappa shape index (κ3) is 3.61. The molecule has 13 heavy (non-hydrogen) atoms. The molecule has 1 N–H and O–H groups in total. The highest BCUT2D eigenvalue weighted by Gasteiger charge is 2.23. The van der Waals surface area contributed by atoms with Crippen LogP contribution in [-0.4, -0.2) is 32.5 Å². The van der Waals surface area contributed by atoms with Gasteiger partial charge in [-0.2, -0.15) is 0 Å². The molecule has 1 saturated carbocycles. The molecule has 1 aliphatic rings. The number of halogens is 1. The fraction of sp³-hybridized carbons (Fsp3) is 1.00. The van der Waals surface area contributed by atoms with Crippen LogP contribution in [0, 0.1) is 0 Å². The third-order valence-corrected chi connectivity index (χ3v) is 2.68. The molecule has 78 valence electrons. The zero-order valence-corrected chi connectivity index (χ0v) is 8.39. The Kier molecular flexibility index (Phi) is 5.32. The molecule has 0 bridgehead atoms. The van der Waals surface area contributed by atoms with Gasteiger partial charge in [0.1, 0.15) is 0 Å². The van der Waals surface area contributed by atoms with E-state index in [1.807, 2.05) is 7.05 Å². The number of ether oxygens (including phenoxy) is 1. The number of nitrogens with one attached hydrogen (secondary N) is 1.